The maximum absolute atomic E-state index is 12.7. The highest BCUT2D eigenvalue weighted by molar-refractivity contribution is 5.72. The summed E-state index contributed by atoms with van der Waals surface area (Å²) in [6.45, 7) is 1.18. The van der Waals surface area contributed by atoms with E-state index in [1.165, 1.54) is 6.92 Å². The Morgan fingerprint density at radius 1 is 1.75 bits per heavy atom. The molecule has 8 heteroatoms. The van der Waals surface area contributed by atoms with Crippen LogP contribution in [-0.2, 0) is 4.79 Å². The molecule has 0 aromatic carbocycles. The van der Waals surface area contributed by atoms with Gasteiger partial charge in [-0.3, -0.25) is 10.1 Å². The minimum absolute atomic E-state index is 0.527. The molecule has 1 N–H and O–H groups in total. The average Bonchev–Trinajstić information content (AvgIpc) is 2.20. The Morgan fingerprint density at radius 3 is 2.88 bits per heavy atom. The Bertz CT molecular complexity index is 436. The molecule has 1 rings (SSSR count). The SMILES string of the molecule is CC(Oc1ncc(F)cc1[N+](=O)[O-])C(=O)O. The first kappa shape index (κ1) is 11.8. The van der Waals surface area contributed by atoms with E-state index >= 15 is 0 Å². The molecule has 0 aliphatic carbocycles. The summed E-state index contributed by atoms with van der Waals surface area (Å²) < 4.78 is 17.4. The molecular formula is C8H7FN2O5. The Hall–Kier alpha value is -2.25. The Labute approximate surface area is 88.6 Å². The predicted molar refractivity (Wildman–Crippen MR) is 48.6 cm³/mol. The van der Waals surface area contributed by atoms with E-state index in [1.807, 2.05) is 0 Å². The lowest BCUT2D eigenvalue weighted by Crippen LogP contribution is -2.23. The minimum Gasteiger partial charge on any atom is -0.479 e. The van der Waals surface area contributed by atoms with Gasteiger partial charge in [0.05, 0.1) is 17.2 Å². The second-order valence-corrected chi connectivity index (χ2v) is 2.83. The van der Waals surface area contributed by atoms with Gasteiger partial charge in [-0.15, -0.1) is 0 Å². The topological polar surface area (TPSA) is 103 Å². The van der Waals surface area contributed by atoms with Gasteiger partial charge >= 0.3 is 11.7 Å². The third kappa shape index (κ3) is 2.62. The molecule has 0 aliphatic rings. The van der Waals surface area contributed by atoms with E-state index in [0.717, 1.165) is 0 Å². The van der Waals surface area contributed by atoms with Crippen molar-refractivity contribution in [3.05, 3.63) is 28.2 Å². The number of nitro groups is 1. The highest BCUT2D eigenvalue weighted by Gasteiger charge is 2.22. The molecule has 1 atom stereocenters. The van der Waals surface area contributed by atoms with Crippen LogP contribution in [0.15, 0.2) is 12.3 Å². The van der Waals surface area contributed by atoms with E-state index < -0.39 is 34.4 Å². The van der Waals surface area contributed by atoms with Crippen molar-refractivity contribution in [2.75, 3.05) is 0 Å². The fourth-order valence-electron chi connectivity index (χ4n) is 0.855. The summed E-state index contributed by atoms with van der Waals surface area (Å²) in [5, 5.41) is 19.0. The Morgan fingerprint density at radius 2 is 2.38 bits per heavy atom. The van der Waals surface area contributed by atoms with Crippen LogP contribution in [0.5, 0.6) is 5.88 Å². The van der Waals surface area contributed by atoms with E-state index in [0.29, 0.717) is 12.3 Å². The molecule has 0 amide bonds. The standard InChI is InChI=1S/C8H7FN2O5/c1-4(8(12)13)16-7-6(11(14)15)2-5(9)3-10-7/h2-4H,1H3,(H,12,13). The number of nitrogens with zero attached hydrogens (tertiary/aromatic N) is 2. The molecular weight excluding hydrogens is 223 g/mol. The van der Waals surface area contributed by atoms with Crippen LogP contribution in [0.1, 0.15) is 6.92 Å². The van der Waals surface area contributed by atoms with Crippen molar-refractivity contribution >= 4 is 11.7 Å². The van der Waals surface area contributed by atoms with E-state index in [-0.39, 0.29) is 0 Å². The van der Waals surface area contributed by atoms with Crippen LogP contribution >= 0.6 is 0 Å². The van der Waals surface area contributed by atoms with Gasteiger partial charge in [0.2, 0.25) is 0 Å². The molecule has 1 unspecified atom stereocenters. The summed E-state index contributed by atoms with van der Waals surface area (Å²) in [4.78, 5) is 23.4. The molecule has 0 spiro atoms. The van der Waals surface area contributed by atoms with Crippen molar-refractivity contribution in [3.63, 3.8) is 0 Å². The average molecular weight is 230 g/mol. The number of pyridine rings is 1. The van der Waals surface area contributed by atoms with Crippen LogP contribution in [0.2, 0.25) is 0 Å². The third-order valence-corrected chi connectivity index (χ3v) is 1.63. The Balaban J connectivity index is 3.04. The van der Waals surface area contributed by atoms with E-state index in [4.69, 9.17) is 9.84 Å². The molecule has 0 fully saturated rings. The number of aliphatic carboxylic acids is 1. The molecule has 0 saturated carbocycles. The fourth-order valence-corrected chi connectivity index (χ4v) is 0.855. The van der Waals surface area contributed by atoms with Crippen LogP contribution in [0, 0.1) is 15.9 Å². The smallest absolute Gasteiger partial charge is 0.344 e. The zero-order valence-electron chi connectivity index (χ0n) is 8.08. The molecule has 86 valence electrons. The number of hydrogen-bond acceptors (Lipinski definition) is 5. The molecule has 1 aromatic heterocycles. The summed E-state index contributed by atoms with van der Waals surface area (Å²) in [7, 11) is 0. The maximum Gasteiger partial charge on any atom is 0.344 e. The van der Waals surface area contributed by atoms with Crippen LogP contribution in [0.3, 0.4) is 0 Å². The Kier molecular flexibility index (Phi) is 3.33. The number of carbonyl (C=O) groups is 1. The predicted octanol–water partition coefficient (Wildman–Crippen LogP) is 0.981. The monoisotopic (exact) mass is 230 g/mol. The van der Waals surface area contributed by atoms with Crippen molar-refractivity contribution in [1.29, 1.82) is 0 Å². The largest absolute Gasteiger partial charge is 0.479 e. The number of halogens is 1. The van der Waals surface area contributed by atoms with Crippen molar-refractivity contribution in [2.45, 2.75) is 13.0 Å². The second kappa shape index (κ2) is 4.51. The fraction of sp³-hybridized carbons (Fsp3) is 0.250. The number of carboxylic acids is 1. The first-order chi connectivity index (χ1) is 7.41. The van der Waals surface area contributed by atoms with E-state index in [9.17, 15) is 19.3 Å². The number of ether oxygens (including phenoxy) is 1. The van der Waals surface area contributed by atoms with Crippen molar-refractivity contribution < 1.29 is 24.0 Å². The maximum atomic E-state index is 12.7. The van der Waals surface area contributed by atoms with Gasteiger partial charge in [0.15, 0.2) is 6.10 Å². The summed E-state index contributed by atoms with van der Waals surface area (Å²) in [6, 6.07) is 0.608. The molecule has 0 saturated heterocycles. The first-order valence-electron chi connectivity index (χ1n) is 4.11. The molecule has 0 aliphatic heterocycles. The van der Waals surface area contributed by atoms with Gasteiger partial charge in [-0.1, -0.05) is 0 Å². The number of carboxylic acid groups (broad SMARTS) is 1. The lowest BCUT2D eigenvalue weighted by molar-refractivity contribution is -0.386. The van der Waals surface area contributed by atoms with Gasteiger partial charge in [-0.05, 0) is 6.92 Å². The van der Waals surface area contributed by atoms with Gasteiger partial charge < -0.3 is 9.84 Å². The molecule has 0 bridgehead atoms. The summed E-state index contributed by atoms with van der Waals surface area (Å²) >= 11 is 0. The highest BCUT2D eigenvalue weighted by Crippen LogP contribution is 2.25. The van der Waals surface area contributed by atoms with E-state index in [1.54, 1.807) is 0 Å². The third-order valence-electron chi connectivity index (χ3n) is 1.63. The van der Waals surface area contributed by atoms with Crippen molar-refractivity contribution in [1.82, 2.24) is 4.98 Å². The van der Waals surface area contributed by atoms with Gasteiger partial charge in [0, 0.05) is 0 Å². The lowest BCUT2D eigenvalue weighted by atomic mass is 10.4. The highest BCUT2D eigenvalue weighted by atomic mass is 19.1. The van der Waals surface area contributed by atoms with Gasteiger partial charge in [-0.2, -0.15) is 0 Å². The molecule has 0 radical (unpaired) electrons. The zero-order valence-corrected chi connectivity index (χ0v) is 8.08. The quantitative estimate of drug-likeness (QED) is 0.610. The summed E-state index contributed by atoms with van der Waals surface area (Å²) in [6.07, 6.45) is -0.603. The molecule has 1 heterocycles. The summed E-state index contributed by atoms with van der Waals surface area (Å²) in [5.41, 5.74) is -0.715. The van der Waals surface area contributed by atoms with Crippen LogP contribution < -0.4 is 4.74 Å². The normalized spacial score (nSPS) is 11.9. The van der Waals surface area contributed by atoms with Crippen LogP contribution in [0.25, 0.3) is 0 Å². The number of hydrogen-bond donors (Lipinski definition) is 1. The van der Waals surface area contributed by atoms with Gasteiger partial charge in [-0.25, -0.2) is 14.2 Å². The number of rotatable bonds is 4. The van der Waals surface area contributed by atoms with Crippen LogP contribution in [0.4, 0.5) is 10.1 Å². The van der Waals surface area contributed by atoms with Crippen molar-refractivity contribution in [3.8, 4) is 5.88 Å². The second-order valence-electron chi connectivity index (χ2n) is 2.83. The molecule has 1 aromatic rings. The first-order valence-corrected chi connectivity index (χ1v) is 4.11. The minimum atomic E-state index is -1.31. The van der Waals surface area contributed by atoms with Gasteiger partial charge in [0.1, 0.15) is 5.82 Å². The van der Waals surface area contributed by atoms with E-state index in [2.05, 4.69) is 4.98 Å². The summed E-state index contributed by atoms with van der Waals surface area (Å²) in [5.74, 6) is -2.73. The lowest BCUT2D eigenvalue weighted by Gasteiger charge is -2.08. The van der Waals surface area contributed by atoms with Gasteiger partial charge in [0.25, 0.3) is 5.88 Å². The van der Waals surface area contributed by atoms with Crippen LogP contribution in [-0.4, -0.2) is 27.1 Å². The van der Waals surface area contributed by atoms with Crippen molar-refractivity contribution in [2.24, 2.45) is 0 Å². The number of aromatic nitrogens is 1. The molecule has 7 nitrogen and oxygen atoms in total. The zero-order chi connectivity index (χ0) is 12.3. The molecule has 16 heavy (non-hydrogen) atoms.